The van der Waals surface area contributed by atoms with Crippen LogP contribution >= 0.6 is 0 Å². The minimum atomic E-state index is -4.19. The summed E-state index contributed by atoms with van der Waals surface area (Å²) in [6.45, 7) is 14.2. The molecular formula is C36H43N5O6S. The number of pyridine rings is 1. The van der Waals surface area contributed by atoms with Crippen molar-refractivity contribution < 1.29 is 27.4 Å². The van der Waals surface area contributed by atoms with Crippen LogP contribution in [0.2, 0.25) is 0 Å². The lowest BCUT2D eigenvalue weighted by Crippen LogP contribution is -2.45. The van der Waals surface area contributed by atoms with Crippen molar-refractivity contribution >= 4 is 21.9 Å². The van der Waals surface area contributed by atoms with Crippen molar-refractivity contribution in [3.8, 4) is 28.6 Å². The first-order valence-corrected chi connectivity index (χ1v) is 17.3. The average molecular weight is 674 g/mol. The molecule has 0 saturated heterocycles. The van der Waals surface area contributed by atoms with E-state index < -0.39 is 16.1 Å². The number of methoxy groups -OCH3 is 1. The molecule has 254 valence electrons. The van der Waals surface area contributed by atoms with Gasteiger partial charge in [0.1, 0.15) is 23.8 Å². The Bertz CT molecular complexity index is 1900. The van der Waals surface area contributed by atoms with Crippen LogP contribution in [0.15, 0.2) is 65.7 Å². The molecule has 5 rings (SSSR count). The predicted molar refractivity (Wildman–Crippen MR) is 184 cm³/mol. The highest BCUT2D eigenvalue weighted by Crippen LogP contribution is 2.33. The fraction of sp³-hybridized carbons (Fsp3) is 0.389. The highest BCUT2D eigenvalue weighted by molar-refractivity contribution is 7.92. The third-order valence-electron chi connectivity index (χ3n) is 7.85. The summed E-state index contributed by atoms with van der Waals surface area (Å²) in [5.41, 5.74) is 3.77. The van der Waals surface area contributed by atoms with E-state index in [1.54, 1.807) is 42.5 Å². The second-order valence-corrected chi connectivity index (χ2v) is 15.1. The molecule has 1 aliphatic rings. The first-order chi connectivity index (χ1) is 22.6. The van der Waals surface area contributed by atoms with Crippen molar-refractivity contribution in [1.29, 1.82) is 0 Å². The molecule has 12 heteroatoms. The van der Waals surface area contributed by atoms with Crippen molar-refractivity contribution in [3.63, 3.8) is 0 Å². The second kappa shape index (κ2) is 13.8. The first-order valence-electron chi connectivity index (χ1n) is 15.9. The average Bonchev–Trinajstić information content (AvgIpc) is 3.01. The lowest BCUT2D eigenvalue weighted by molar-refractivity contribution is 0.0507. The van der Waals surface area contributed by atoms with Crippen LogP contribution in [0.3, 0.4) is 0 Å². The van der Waals surface area contributed by atoms with Crippen LogP contribution in [0.5, 0.6) is 17.4 Å². The van der Waals surface area contributed by atoms with E-state index in [0.717, 1.165) is 16.7 Å². The van der Waals surface area contributed by atoms with Crippen LogP contribution in [0.4, 0.5) is 5.95 Å². The molecule has 3 heterocycles. The molecule has 0 saturated carbocycles. The van der Waals surface area contributed by atoms with Gasteiger partial charge < -0.3 is 19.1 Å². The molecule has 4 bridgehead atoms. The van der Waals surface area contributed by atoms with Crippen molar-refractivity contribution in [2.24, 2.45) is 5.41 Å². The third kappa shape index (κ3) is 8.04. The number of amides is 1. The Morgan fingerprint density at radius 3 is 2.42 bits per heavy atom. The number of nitrogens with one attached hydrogen (secondary N) is 1. The molecule has 1 amide bonds. The number of carbonyl (C=O) groups is 1. The number of aryl methyl sites for hydroxylation is 2. The Hall–Kier alpha value is -4.71. The normalized spacial score (nSPS) is 16.2. The number of nitrogens with zero attached hydrogens (tertiary/aromatic N) is 4. The lowest BCUT2D eigenvalue weighted by Gasteiger charge is -2.35. The number of benzene rings is 2. The monoisotopic (exact) mass is 673 g/mol. The number of sulfonamides is 1. The number of fused-ring (bicyclic) bond motifs is 4. The SMILES string of the molecule is COc1cc(OC(C)C)cnc1CN1C(=O)c2cccc(c2)S(=O)(=O)Nc2nc(cc(-c3c(C)cccc3C)n2)OC[C@H]1CC(C)(C)C. The van der Waals surface area contributed by atoms with Gasteiger partial charge in [0.05, 0.1) is 42.6 Å². The van der Waals surface area contributed by atoms with Crippen LogP contribution in [0.1, 0.15) is 68.2 Å². The number of hydrogen-bond donors (Lipinski definition) is 1. The summed E-state index contributed by atoms with van der Waals surface area (Å²) < 4.78 is 47.8. The highest BCUT2D eigenvalue weighted by atomic mass is 32.2. The topological polar surface area (TPSA) is 133 Å². The highest BCUT2D eigenvalue weighted by Gasteiger charge is 2.32. The number of anilines is 1. The minimum Gasteiger partial charge on any atom is -0.495 e. The minimum absolute atomic E-state index is 0.0615. The zero-order chi connectivity index (χ0) is 34.8. The van der Waals surface area contributed by atoms with E-state index in [4.69, 9.17) is 14.2 Å². The second-order valence-electron chi connectivity index (χ2n) is 13.5. The van der Waals surface area contributed by atoms with Gasteiger partial charge >= 0.3 is 0 Å². The molecule has 48 heavy (non-hydrogen) atoms. The van der Waals surface area contributed by atoms with E-state index in [9.17, 15) is 13.2 Å². The smallest absolute Gasteiger partial charge is 0.264 e. The van der Waals surface area contributed by atoms with Gasteiger partial charge in [-0.15, -0.1) is 0 Å². The van der Waals surface area contributed by atoms with Gasteiger partial charge in [0.2, 0.25) is 11.8 Å². The number of ether oxygens (including phenoxy) is 3. The quantitative estimate of drug-likeness (QED) is 0.231. The van der Waals surface area contributed by atoms with Crippen LogP contribution in [0, 0.1) is 19.3 Å². The first kappa shape index (κ1) is 34.6. The summed E-state index contributed by atoms with van der Waals surface area (Å²) in [4.78, 5) is 29.7. The van der Waals surface area contributed by atoms with Crippen molar-refractivity contribution in [2.75, 3.05) is 18.4 Å². The largest absolute Gasteiger partial charge is 0.495 e. The maximum atomic E-state index is 14.5. The fourth-order valence-electron chi connectivity index (χ4n) is 5.79. The van der Waals surface area contributed by atoms with Gasteiger partial charge in [-0.05, 0) is 68.9 Å². The molecule has 1 atom stereocenters. The summed E-state index contributed by atoms with van der Waals surface area (Å²) in [5, 5.41) is 0. The van der Waals surface area contributed by atoms with E-state index in [0.29, 0.717) is 29.3 Å². The molecule has 1 N–H and O–H groups in total. The van der Waals surface area contributed by atoms with Gasteiger partial charge in [-0.1, -0.05) is 45.0 Å². The molecule has 0 fully saturated rings. The molecule has 0 spiro atoms. The van der Waals surface area contributed by atoms with Crippen LogP contribution in [-0.4, -0.2) is 60.0 Å². The summed E-state index contributed by atoms with van der Waals surface area (Å²) in [5.74, 6) is 0.649. The van der Waals surface area contributed by atoms with Gasteiger partial charge in [-0.2, -0.15) is 4.98 Å². The number of hydrogen-bond acceptors (Lipinski definition) is 9. The van der Waals surface area contributed by atoms with Gasteiger partial charge in [-0.25, -0.2) is 18.1 Å². The molecular weight excluding hydrogens is 630 g/mol. The van der Waals surface area contributed by atoms with E-state index in [1.165, 1.54) is 12.1 Å². The Kier molecular flexibility index (Phi) is 9.95. The Balaban J connectivity index is 1.67. The summed E-state index contributed by atoms with van der Waals surface area (Å²) in [6, 6.07) is 14.8. The Labute approximate surface area is 282 Å². The molecule has 0 aliphatic carbocycles. The molecule has 0 unspecified atom stereocenters. The predicted octanol–water partition coefficient (Wildman–Crippen LogP) is 6.59. The molecule has 2 aromatic carbocycles. The van der Waals surface area contributed by atoms with E-state index in [-0.39, 0.29) is 52.9 Å². The molecule has 0 radical (unpaired) electrons. The van der Waals surface area contributed by atoms with E-state index >= 15 is 0 Å². The van der Waals surface area contributed by atoms with Crippen LogP contribution in [-0.2, 0) is 16.6 Å². The molecule has 11 nitrogen and oxygen atoms in total. The van der Waals surface area contributed by atoms with Crippen molar-refractivity contribution in [2.45, 2.75) is 78.5 Å². The third-order valence-corrected chi connectivity index (χ3v) is 9.17. The number of carbonyl (C=O) groups excluding carboxylic acids is 1. The van der Waals surface area contributed by atoms with Gasteiger partial charge in [0, 0.05) is 23.3 Å². The van der Waals surface area contributed by atoms with Gasteiger partial charge in [0.25, 0.3) is 15.9 Å². The fourth-order valence-corrected chi connectivity index (χ4v) is 6.78. The molecule has 2 aromatic heterocycles. The Morgan fingerprint density at radius 2 is 1.75 bits per heavy atom. The molecule has 4 aromatic rings. The maximum Gasteiger partial charge on any atom is 0.264 e. The Morgan fingerprint density at radius 1 is 1.04 bits per heavy atom. The van der Waals surface area contributed by atoms with Gasteiger partial charge in [-0.3, -0.25) is 9.78 Å². The van der Waals surface area contributed by atoms with Crippen LogP contribution < -0.4 is 18.9 Å². The maximum absolute atomic E-state index is 14.5. The van der Waals surface area contributed by atoms with E-state index in [1.807, 2.05) is 45.9 Å². The standard InChI is InChI=1S/C36H43N5O6S/c1-22(2)47-27-16-31(45-8)30(37-19-27)20-41-26(18-36(5,6)7)21-46-32-17-29(33-23(3)11-9-12-24(33)4)38-35(39-32)40-48(43,44)28-14-10-13-25(15-28)34(41)42/h9-17,19,22,26H,18,20-21H2,1-8H3,(H,38,39,40)/t26-/m1/s1. The number of rotatable bonds is 7. The lowest BCUT2D eigenvalue weighted by atomic mass is 9.87. The summed E-state index contributed by atoms with van der Waals surface area (Å²) >= 11 is 0. The zero-order valence-corrected chi connectivity index (χ0v) is 29.5. The van der Waals surface area contributed by atoms with E-state index in [2.05, 4.69) is 40.4 Å². The van der Waals surface area contributed by atoms with Crippen molar-refractivity contribution in [3.05, 3.63) is 83.2 Å². The van der Waals surface area contributed by atoms with Crippen molar-refractivity contribution in [1.82, 2.24) is 19.9 Å². The number of aromatic nitrogens is 3. The summed E-state index contributed by atoms with van der Waals surface area (Å²) in [6.07, 6.45) is 2.09. The van der Waals surface area contributed by atoms with Crippen LogP contribution in [0.25, 0.3) is 11.3 Å². The van der Waals surface area contributed by atoms with Gasteiger partial charge in [0.15, 0.2) is 0 Å². The zero-order valence-electron chi connectivity index (χ0n) is 28.7. The summed E-state index contributed by atoms with van der Waals surface area (Å²) in [7, 11) is -2.65. The molecule has 1 aliphatic heterocycles.